The van der Waals surface area contributed by atoms with E-state index >= 15 is 0 Å². The van der Waals surface area contributed by atoms with E-state index in [1.54, 1.807) is 0 Å². The standard InChI is InChI=1S/C12H17N4.BrH/c1-15-8-9-16(10-15)7-6-14-12-4-2-11(13)3-5-12;/h2-5,8-10,14H,6-7,13H2,1H3;1H/q+1;/p-1. The van der Waals surface area contributed by atoms with Gasteiger partial charge in [0.1, 0.15) is 18.9 Å². The van der Waals surface area contributed by atoms with Gasteiger partial charge in [0.15, 0.2) is 0 Å². The van der Waals surface area contributed by atoms with Gasteiger partial charge in [-0.15, -0.1) is 0 Å². The number of nitrogen functional groups attached to an aromatic ring is 1. The largest absolute Gasteiger partial charge is 1.00 e. The highest BCUT2D eigenvalue weighted by Gasteiger charge is 1.98. The first-order valence-corrected chi connectivity index (χ1v) is 5.34. The number of rotatable bonds is 4. The van der Waals surface area contributed by atoms with Crippen LogP contribution in [0.1, 0.15) is 0 Å². The summed E-state index contributed by atoms with van der Waals surface area (Å²) in [6.07, 6.45) is 6.15. The third-order valence-electron chi connectivity index (χ3n) is 2.43. The smallest absolute Gasteiger partial charge is 0.243 e. The van der Waals surface area contributed by atoms with Gasteiger partial charge < -0.3 is 28.0 Å². The minimum Gasteiger partial charge on any atom is -1.00 e. The van der Waals surface area contributed by atoms with Crippen LogP contribution in [0.15, 0.2) is 43.0 Å². The first-order chi connectivity index (χ1) is 7.74. The molecule has 3 N–H and O–H groups in total. The van der Waals surface area contributed by atoms with Gasteiger partial charge in [0, 0.05) is 11.4 Å². The van der Waals surface area contributed by atoms with E-state index in [1.165, 1.54) is 0 Å². The summed E-state index contributed by atoms with van der Waals surface area (Å²) in [7, 11) is 2.02. The Kier molecular flexibility index (Phi) is 5.03. The number of hydrogen-bond acceptors (Lipinski definition) is 2. The van der Waals surface area contributed by atoms with Gasteiger partial charge in [-0.3, -0.25) is 0 Å². The lowest BCUT2D eigenvalue weighted by atomic mass is 10.3. The second-order valence-corrected chi connectivity index (χ2v) is 3.87. The highest BCUT2D eigenvalue weighted by molar-refractivity contribution is 5.50. The molecule has 2 rings (SSSR count). The maximum atomic E-state index is 5.61. The number of aromatic nitrogens is 2. The molecule has 0 aliphatic rings. The van der Waals surface area contributed by atoms with Crippen LogP contribution in [0.2, 0.25) is 0 Å². The molecule has 0 bridgehead atoms. The molecule has 0 spiro atoms. The van der Waals surface area contributed by atoms with Gasteiger partial charge in [-0.1, -0.05) is 0 Å². The topological polar surface area (TPSA) is 46.9 Å². The maximum absolute atomic E-state index is 5.61. The molecule has 0 unspecified atom stereocenters. The molecule has 0 amide bonds. The zero-order valence-electron chi connectivity index (χ0n) is 9.81. The third-order valence-corrected chi connectivity index (χ3v) is 2.43. The van der Waals surface area contributed by atoms with Crippen LogP contribution in [0.4, 0.5) is 11.4 Å². The fraction of sp³-hybridized carbons (Fsp3) is 0.250. The number of nitrogens with two attached hydrogens (primary N) is 1. The molecule has 0 saturated heterocycles. The van der Waals surface area contributed by atoms with Crippen molar-refractivity contribution in [1.29, 1.82) is 0 Å². The Bertz CT molecular complexity index is 450. The van der Waals surface area contributed by atoms with Gasteiger partial charge in [-0.25, -0.2) is 9.13 Å². The molecule has 1 aromatic heterocycles. The van der Waals surface area contributed by atoms with E-state index in [9.17, 15) is 0 Å². The average Bonchev–Trinajstić information content (AvgIpc) is 2.67. The lowest BCUT2D eigenvalue weighted by molar-refractivity contribution is -0.671. The number of anilines is 2. The second-order valence-electron chi connectivity index (χ2n) is 3.87. The van der Waals surface area contributed by atoms with Gasteiger partial charge in [0.25, 0.3) is 0 Å². The van der Waals surface area contributed by atoms with Crippen molar-refractivity contribution in [3.05, 3.63) is 43.0 Å². The predicted molar refractivity (Wildman–Crippen MR) is 65.0 cm³/mol. The van der Waals surface area contributed by atoms with Crippen LogP contribution in [0.25, 0.3) is 0 Å². The maximum Gasteiger partial charge on any atom is 0.243 e. The zero-order valence-corrected chi connectivity index (χ0v) is 11.4. The Hall–Kier alpha value is -1.49. The molecule has 0 aliphatic heterocycles. The Morgan fingerprint density at radius 2 is 2.00 bits per heavy atom. The van der Waals surface area contributed by atoms with Crippen LogP contribution in [0, 0.1) is 0 Å². The number of benzene rings is 1. The Balaban J connectivity index is 0.00000144. The van der Waals surface area contributed by atoms with Crippen LogP contribution in [-0.4, -0.2) is 11.1 Å². The Morgan fingerprint density at radius 3 is 2.59 bits per heavy atom. The van der Waals surface area contributed by atoms with Gasteiger partial charge in [-0.2, -0.15) is 0 Å². The molecule has 0 saturated carbocycles. The number of halogens is 1. The van der Waals surface area contributed by atoms with Crippen LogP contribution in [-0.2, 0) is 13.6 Å². The van der Waals surface area contributed by atoms with E-state index in [2.05, 4.69) is 22.4 Å². The van der Waals surface area contributed by atoms with E-state index in [0.717, 1.165) is 24.5 Å². The molecule has 2 aromatic rings. The summed E-state index contributed by atoms with van der Waals surface area (Å²) in [5.41, 5.74) is 7.51. The van der Waals surface area contributed by atoms with Crippen LogP contribution < -0.4 is 32.6 Å². The summed E-state index contributed by atoms with van der Waals surface area (Å²) in [5, 5.41) is 3.34. The third kappa shape index (κ3) is 4.11. The zero-order chi connectivity index (χ0) is 11.4. The monoisotopic (exact) mass is 296 g/mol. The highest BCUT2D eigenvalue weighted by atomic mass is 79.9. The average molecular weight is 297 g/mol. The van der Waals surface area contributed by atoms with Gasteiger partial charge in [0.2, 0.25) is 6.33 Å². The molecule has 4 nitrogen and oxygen atoms in total. The van der Waals surface area contributed by atoms with Crippen LogP contribution in [0.5, 0.6) is 0 Å². The van der Waals surface area contributed by atoms with Crippen molar-refractivity contribution in [1.82, 2.24) is 4.57 Å². The number of nitrogens with zero attached hydrogens (tertiary/aromatic N) is 2. The van der Waals surface area contributed by atoms with Gasteiger partial charge >= 0.3 is 0 Å². The molecule has 1 heterocycles. The first-order valence-electron chi connectivity index (χ1n) is 5.34. The lowest BCUT2D eigenvalue weighted by Gasteiger charge is -2.04. The van der Waals surface area contributed by atoms with Crippen molar-refractivity contribution >= 4 is 11.4 Å². The number of aryl methyl sites for hydroxylation is 1. The number of imidazole rings is 1. The molecule has 0 fully saturated rings. The van der Waals surface area contributed by atoms with Crippen molar-refractivity contribution in [3.8, 4) is 0 Å². The van der Waals surface area contributed by atoms with E-state index in [4.69, 9.17) is 5.73 Å². The summed E-state index contributed by atoms with van der Waals surface area (Å²) in [5.74, 6) is 0. The summed E-state index contributed by atoms with van der Waals surface area (Å²) in [4.78, 5) is 0. The predicted octanol–water partition coefficient (Wildman–Crippen LogP) is -1.99. The molecular formula is C12H17BrN4. The SMILES string of the molecule is C[n+]1ccn(CCNc2ccc(N)cc2)c1.[Br-]. The highest BCUT2D eigenvalue weighted by Crippen LogP contribution is 2.09. The van der Waals surface area contributed by atoms with Crippen molar-refractivity contribution in [2.24, 2.45) is 7.05 Å². The second kappa shape index (κ2) is 6.30. The fourth-order valence-corrected chi connectivity index (χ4v) is 1.56. The molecular weight excluding hydrogens is 280 g/mol. The van der Waals surface area contributed by atoms with E-state index in [-0.39, 0.29) is 17.0 Å². The van der Waals surface area contributed by atoms with Gasteiger partial charge in [0.05, 0.1) is 13.6 Å². The van der Waals surface area contributed by atoms with Crippen molar-refractivity contribution < 1.29 is 21.5 Å². The molecule has 0 radical (unpaired) electrons. The molecule has 1 aromatic carbocycles. The minimum absolute atomic E-state index is 0. The van der Waals surface area contributed by atoms with Crippen LogP contribution in [0.3, 0.4) is 0 Å². The molecule has 0 atom stereocenters. The molecule has 17 heavy (non-hydrogen) atoms. The molecule has 5 heteroatoms. The minimum atomic E-state index is 0. The fourth-order valence-electron chi connectivity index (χ4n) is 1.56. The van der Waals surface area contributed by atoms with Crippen molar-refractivity contribution in [2.75, 3.05) is 17.6 Å². The summed E-state index contributed by atoms with van der Waals surface area (Å²) >= 11 is 0. The summed E-state index contributed by atoms with van der Waals surface area (Å²) in [6, 6.07) is 7.78. The first kappa shape index (κ1) is 13.6. The summed E-state index contributed by atoms with van der Waals surface area (Å²) in [6.45, 7) is 1.85. The van der Waals surface area contributed by atoms with Crippen LogP contribution >= 0.6 is 0 Å². The van der Waals surface area contributed by atoms with E-state index < -0.39 is 0 Å². The Labute approximate surface area is 112 Å². The van der Waals surface area contributed by atoms with E-state index in [0.29, 0.717) is 0 Å². The number of nitrogens with one attached hydrogen (secondary N) is 1. The van der Waals surface area contributed by atoms with Gasteiger partial charge in [-0.05, 0) is 24.3 Å². The quantitative estimate of drug-likeness (QED) is 0.507. The Morgan fingerprint density at radius 1 is 1.29 bits per heavy atom. The number of hydrogen-bond donors (Lipinski definition) is 2. The molecule has 92 valence electrons. The summed E-state index contributed by atoms with van der Waals surface area (Å²) < 4.78 is 4.17. The normalized spacial score (nSPS) is 9.71. The van der Waals surface area contributed by atoms with Crippen molar-refractivity contribution in [3.63, 3.8) is 0 Å². The lowest BCUT2D eigenvalue weighted by Crippen LogP contribution is -3.00. The van der Waals surface area contributed by atoms with E-state index in [1.807, 2.05) is 42.1 Å². The van der Waals surface area contributed by atoms with Crippen molar-refractivity contribution in [2.45, 2.75) is 6.54 Å². The molecule has 0 aliphatic carbocycles.